The zero-order valence-electron chi connectivity index (χ0n) is 11.8. The van der Waals surface area contributed by atoms with Crippen LogP contribution < -0.4 is 5.73 Å². The zero-order chi connectivity index (χ0) is 13.0. The van der Waals surface area contributed by atoms with Crippen LogP contribution in [0.25, 0.3) is 0 Å². The summed E-state index contributed by atoms with van der Waals surface area (Å²) in [4.78, 5) is 2.28. The quantitative estimate of drug-likeness (QED) is 0.817. The molecule has 0 amide bonds. The van der Waals surface area contributed by atoms with Gasteiger partial charge in [0.1, 0.15) is 0 Å². The lowest BCUT2D eigenvalue weighted by Gasteiger charge is -2.24. The Morgan fingerprint density at radius 2 is 2.18 bits per heavy atom. The third-order valence-corrected chi connectivity index (χ3v) is 3.45. The summed E-state index contributed by atoms with van der Waals surface area (Å²) in [6.07, 6.45) is 3.22. The average molecular weight is 238 g/mol. The summed E-state index contributed by atoms with van der Waals surface area (Å²) in [7, 11) is 4.08. The molecule has 1 aromatic heterocycles. The molecule has 0 saturated carbocycles. The molecule has 1 aromatic rings. The fourth-order valence-corrected chi connectivity index (χ4v) is 2.00. The van der Waals surface area contributed by atoms with Gasteiger partial charge in [0, 0.05) is 37.9 Å². The summed E-state index contributed by atoms with van der Waals surface area (Å²) in [6, 6.07) is 0.252. The fourth-order valence-electron chi connectivity index (χ4n) is 2.00. The highest BCUT2D eigenvalue weighted by molar-refractivity contribution is 5.14. The molecule has 0 aromatic carbocycles. The van der Waals surface area contributed by atoms with E-state index in [0.29, 0.717) is 5.92 Å². The van der Waals surface area contributed by atoms with Crippen molar-refractivity contribution in [3.05, 3.63) is 17.5 Å². The van der Waals surface area contributed by atoms with Crippen LogP contribution >= 0.6 is 0 Å². The Balaban J connectivity index is 2.49. The first kappa shape index (κ1) is 14.2. The average Bonchev–Trinajstić information content (AvgIpc) is 2.55. The van der Waals surface area contributed by atoms with Crippen LogP contribution in [0.3, 0.4) is 0 Å². The van der Waals surface area contributed by atoms with Crippen molar-refractivity contribution < 1.29 is 0 Å². The lowest BCUT2D eigenvalue weighted by molar-refractivity contribution is 0.267. The van der Waals surface area contributed by atoms with Crippen LogP contribution in [0.1, 0.15) is 31.5 Å². The molecule has 0 saturated heterocycles. The molecular formula is C13H26N4. The second-order valence-electron chi connectivity index (χ2n) is 5.16. The van der Waals surface area contributed by atoms with E-state index in [2.05, 4.69) is 44.0 Å². The van der Waals surface area contributed by atoms with E-state index in [4.69, 9.17) is 5.73 Å². The molecule has 0 radical (unpaired) electrons. The maximum Gasteiger partial charge on any atom is 0.0638 e. The number of nitrogens with two attached hydrogens (primary N) is 1. The Hall–Kier alpha value is -0.870. The van der Waals surface area contributed by atoms with E-state index in [1.54, 1.807) is 0 Å². The van der Waals surface area contributed by atoms with Crippen molar-refractivity contribution in [1.29, 1.82) is 0 Å². The monoisotopic (exact) mass is 238 g/mol. The Kier molecular flexibility index (Phi) is 5.15. The number of aryl methyl sites for hydroxylation is 2. The van der Waals surface area contributed by atoms with Crippen molar-refractivity contribution in [2.45, 2.75) is 39.8 Å². The van der Waals surface area contributed by atoms with Crippen LogP contribution in [0, 0.1) is 12.8 Å². The molecule has 0 unspecified atom stereocenters. The van der Waals surface area contributed by atoms with Gasteiger partial charge in [-0.3, -0.25) is 4.68 Å². The second-order valence-corrected chi connectivity index (χ2v) is 5.16. The highest BCUT2D eigenvalue weighted by Crippen LogP contribution is 2.10. The minimum absolute atomic E-state index is 0.252. The molecular weight excluding hydrogens is 212 g/mol. The third kappa shape index (κ3) is 4.13. The van der Waals surface area contributed by atoms with Gasteiger partial charge in [0.2, 0.25) is 0 Å². The van der Waals surface area contributed by atoms with Gasteiger partial charge in [-0.15, -0.1) is 0 Å². The molecule has 4 nitrogen and oxygen atoms in total. The predicted molar refractivity (Wildman–Crippen MR) is 71.7 cm³/mol. The number of aromatic nitrogens is 2. The molecule has 4 heteroatoms. The number of nitrogens with zero attached hydrogens (tertiary/aromatic N) is 3. The molecule has 1 rings (SSSR count). The molecule has 0 aliphatic rings. The Bertz CT molecular complexity index is 345. The van der Waals surface area contributed by atoms with E-state index in [1.807, 2.05) is 11.7 Å². The van der Waals surface area contributed by atoms with Gasteiger partial charge in [0.25, 0.3) is 0 Å². The summed E-state index contributed by atoms with van der Waals surface area (Å²) in [5.74, 6) is 0.576. The van der Waals surface area contributed by atoms with Gasteiger partial charge in [-0.2, -0.15) is 5.10 Å². The van der Waals surface area contributed by atoms with E-state index in [0.717, 1.165) is 25.2 Å². The molecule has 98 valence electrons. The third-order valence-electron chi connectivity index (χ3n) is 3.45. The predicted octanol–water partition coefficient (Wildman–Crippen LogP) is 1.53. The van der Waals surface area contributed by atoms with Crippen LogP contribution in [0.4, 0.5) is 0 Å². The van der Waals surface area contributed by atoms with Crippen molar-refractivity contribution in [3.63, 3.8) is 0 Å². The molecule has 2 atom stereocenters. The van der Waals surface area contributed by atoms with Crippen molar-refractivity contribution >= 4 is 0 Å². The molecule has 2 N–H and O–H groups in total. The number of hydrogen-bond donors (Lipinski definition) is 1. The smallest absolute Gasteiger partial charge is 0.0638 e. The van der Waals surface area contributed by atoms with Crippen LogP contribution in [0.5, 0.6) is 0 Å². The number of likely N-dealkylation sites (N-methyl/N-ethyl adjacent to an activating group) is 1. The Labute approximate surface area is 105 Å². The zero-order valence-corrected chi connectivity index (χ0v) is 11.8. The first-order valence-corrected chi connectivity index (χ1v) is 6.37. The van der Waals surface area contributed by atoms with Gasteiger partial charge in [-0.25, -0.2) is 0 Å². The molecule has 17 heavy (non-hydrogen) atoms. The molecule has 0 bridgehead atoms. The second kappa shape index (κ2) is 6.17. The van der Waals surface area contributed by atoms with E-state index in [-0.39, 0.29) is 6.04 Å². The minimum Gasteiger partial charge on any atom is -0.326 e. The molecule has 0 aliphatic heterocycles. The van der Waals surface area contributed by atoms with Crippen LogP contribution in [-0.4, -0.2) is 34.3 Å². The highest BCUT2D eigenvalue weighted by Gasteiger charge is 2.14. The standard InChI is InChI=1S/C13H26N4/c1-6-10(2)13(14)9-16(4)7-12-8-17(5)15-11(12)3/h8,10,13H,6-7,9,14H2,1-5H3/t10-,13+/m1/s1. The summed E-state index contributed by atoms with van der Waals surface area (Å²) in [5.41, 5.74) is 8.55. The lowest BCUT2D eigenvalue weighted by atomic mass is 10.00. The molecule has 0 spiro atoms. The first-order chi connectivity index (χ1) is 7.93. The highest BCUT2D eigenvalue weighted by atomic mass is 15.3. The van der Waals surface area contributed by atoms with Gasteiger partial charge in [0.15, 0.2) is 0 Å². The van der Waals surface area contributed by atoms with Gasteiger partial charge in [0.05, 0.1) is 5.69 Å². The topological polar surface area (TPSA) is 47.1 Å². The van der Waals surface area contributed by atoms with Gasteiger partial charge in [-0.05, 0) is 19.9 Å². The maximum absolute atomic E-state index is 6.16. The number of rotatable bonds is 6. The van der Waals surface area contributed by atoms with Gasteiger partial charge < -0.3 is 10.6 Å². The summed E-state index contributed by atoms with van der Waals surface area (Å²) >= 11 is 0. The minimum atomic E-state index is 0.252. The fraction of sp³-hybridized carbons (Fsp3) is 0.769. The molecule has 0 fully saturated rings. The normalized spacial score (nSPS) is 15.2. The van der Waals surface area contributed by atoms with Crippen molar-refractivity contribution in [3.8, 4) is 0 Å². The Morgan fingerprint density at radius 3 is 2.65 bits per heavy atom. The van der Waals surface area contributed by atoms with Crippen LogP contribution in [-0.2, 0) is 13.6 Å². The van der Waals surface area contributed by atoms with Gasteiger partial charge in [-0.1, -0.05) is 20.3 Å². The van der Waals surface area contributed by atoms with E-state index >= 15 is 0 Å². The van der Waals surface area contributed by atoms with E-state index in [9.17, 15) is 0 Å². The number of hydrogen-bond acceptors (Lipinski definition) is 3. The van der Waals surface area contributed by atoms with Crippen molar-refractivity contribution in [1.82, 2.24) is 14.7 Å². The van der Waals surface area contributed by atoms with E-state index < -0.39 is 0 Å². The van der Waals surface area contributed by atoms with Crippen LogP contribution in [0.2, 0.25) is 0 Å². The summed E-state index contributed by atoms with van der Waals surface area (Å²) in [6.45, 7) is 8.31. The van der Waals surface area contributed by atoms with E-state index in [1.165, 1.54) is 5.56 Å². The van der Waals surface area contributed by atoms with Crippen molar-refractivity contribution in [2.24, 2.45) is 18.7 Å². The SMILES string of the molecule is CC[C@@H](C)[C@@H](N)CN(C)Cc1cn(C)nc1C. The molecule has 1 heterocycles. The van der Waals surface area contributed by atoms with Crippen molar-refractivity contribution in [2.75, 3.05) is 13.6 Å². The van der Waals surface area contributed by atoms with Crippen LogP contribution in [0.15, 0.2) is 6.20 Å². The Morgan fingerprint density at radius 1 is 1.53 bits per heavy atom. The lowest BCUT2D eigenvalue weighted by Crippen LogP contribution is -2.39. The summed E-state index contributed by atoms with van der Waals surface area (Å²) in [5, 5.41) is 4.35. The summed E-state index contributed by atoms with van der Waals surface area (Å²) < 4.78 is 1.87. The maximum atomic E-state index is 6.16. The largest absolute Gasteiger partial charge is 0.326 e. The van der Waals surface area contributed by atoms with Gasteiger partial charge >= 0.3 is 0 Å². The first-order valence-electron chi connectivity index (χ1n) is 6.37. The molecule has 0 aliphatic carbocycles.